The summed E-state index contributed by atoms with van der Waals surface area (Å²) >= 11 is 5.42. The number of ether oxygens (including phenoxy) is 1. The number of rotatable bonds is 6. The average molecular weight is 495 g/mol. The van der Waals surface area contributed by atoms with Crippen LogP contribution in [0.2, 0.25) is 0 Å². The number of carboxylic acid groups (broad SMARTS) is 1. The Balaban J connectivity index is 1.92. The molecule has 0 radical (unpaired) electrons. The molecule has 0 spiro atoms. The first kappa shape index (κ1) is 23.0. The van der Waals surface area contributed by atoms with Crippen LogP contribution in [0.3, 0.4) is 0 Å². The van der Waals surface area contributed by atoms with Crippen LogP contribution in [0, 0.1) is 5.82 Å². The number of alkyl halides is 3. The molecular weight excluding hydrogens is 481 g/mol. The number of aromatic nitrogens is 5. The number of benzene rings is 1. The fourth-order valence-electron chi connectivity index (χ4n) is 3.34. The molecule has 4 aromatic rings. The van der Waals surface area contributed by atoms with Gasteiger partial charge in [0, 0.05) is 35.9 Å². The monoisotopic (exact) mass is 494 g/mol. The summed E-state index contributed by atoms with van der Waals surface area (Å²) in [6.07, 6.45) is 2.78. The van der Waals surface area contributed by atoms with E-state index in [0.717, 1.165) is 18.3 Å². The summed E-state index contributed by atoms with van der Waals surface area (Å²) in [5.74, 6) is -2.74. The third-order valence-corrected chi connectivity index (χ3v) is 4.90. The highest BCUT2D eigenvalue weighted by atomic mass is 35.5. The van der Waals surface area contributed by atoms with Crippen LogP contribution < -0.4 is 10.1 Å². The predicted molar refractivity (Wildman–Crippen MR) is 115 cm³/mol. The maximum absolute atomic E-state index is 15.1. The molecule has 0 fully saturated rings. The number of hydrogen-bond donors (Lipinski definition) is 2. The normalized spacial score (nSPS) is 11.2. The number of hydrogen-bond acceptors (Lipinski definition) is 6. The van der Waals surface area contributed by atoms with Gasteiger partial charge < -0.3 is 15.2 Å². The predicted octanol–water partition coefficient (Wildman–Crippen LogP) is 3.94. The van der Waals surface area contributed by atoms with Crippen molar-refractivity contribution in [2.45, 2.75) is 6.61 Å². The number of halogens is 4. The summed E-state index contributed by atoms with van der Waals surface area (Å²) in [5.41, 5.74) is 0.0404. The first-order valence-electron chi connectivity index (χ1n) is 9.43. The number of nitrogens with one attached hydrogen (secondary N) is 1. The molecular formula is C20H14ClF3N6O4. The summed E-state index contributed by atoms with van der Waals surface area (Å²) < 4.78 is 47.9. The van der Waals surface area contributed by atoms with E-state index >= 15 is 4.39 Å². The lowest BCUT2D eigenvalue weighted by atomic mass is 10.1. The highest BCUT2D eigenvalue weighted by molar-refractivity contribution is 6.29. The van der Waals surface area contributed by atoms with Crippen LogP contribution in [0.1, 0.15) is 0 Å². The topological polar surface area (TPSA) is 124 Å². The minimum absolute atomic E-state index is 0.0813. The number of anilines is 1. The van der Waals surface area contributed by atoms with Crippen molar-refractivity contribution in [3.05, 3.63) is 42.6 Å². The van der Waals surface area contributed by atoms with Crippen molar-refractivity contribution >= 4 is 40.2 Å². The van der Waals surface area contributed by atoms with E-state index < -0.39 is 41.6 Å². The van der Waals surface area contributed by atoms with Crippen molar-refractivity contribution in [1.82, 2.24) is 24.5 Å². The summed E-state index contributed by atoms with van der Waals surface area (Å²) in [6, 6.07) is 3.20. The third kappa shape index (κ3) is 4.37. The Morgan fingerprint density at radius 1 is 1.26 bits per heavy atom. The minimum atomic E-state index is -3.30. The fourth-order valence-corrected chi connectivity index (χ4v) is 3.41. The maximum Gasteiger partial charge on any atom is 0.432 e. The molecule has 0 unspecified atom stereocenters. The second-order valence-electron chi connectivity index (χ2n) is 6.92. The molecule has 0 saturated carbocycles. The van der Waals surface area contributed by atoms with Crippen molar-refractivity contribution in [3.8, 4) is 28.3 Å². The molecule has 34 heavy (non-hydrogen) atoms. The van der Waals surface area contributed by atoms with Gasteiger partial charge in [-0.2, -0.15) is 23.7 Å². The molecule has 1 amide bonds. The first-order chi connectivity index (χ1) is 16.2. The Morgan fingerprint density at radius 2 is 2.03 bits per heavy atom. The van der Waals surface area contributed by atoms with E-state index in [9.17, 15) is 23.5 Å². The molecule has 14 heteroatoms. The molecule has 0 aliphatic carbocycles. The van der Waals surface area contributed by atoms with E-state index in [0.29, 0.717) is 10.2 Å². The van der Waals surface area contributed by atoms with E-state index in [1.165, 1.54) is 16.9 Å². The molecule has 176 valence electrons. The molecule has 1 aromatic carbocycles. The largest absolute Gasteiger partial charge is 0.463 e. The molecule has 2 N–H and O–H groups in total. The summed E-state index contributed by atoms with van der Waals surface area (Å²) in [6.45, 7) is -3.30. The van der Waals surface area contributed by atoms with Gasteiger partial charge in [0.25, 0.3) is 0 Å². The second kappa shape index (κ2) is 9.02. The Hall–Kier alpha value is -4.13. The van der Waals surface area contributed by atoms with Crippen LogP contribution in [0.15, 0.2) is 36.8 Å². The van der Waals surface area contributed by atoms with Gasteiger partial charge >= 0.3 is 12.7 Å². The van der Waals surface area contributed by atoms with Crippen LogP contribution >= 0.6 is 11.6 Å². The van der Waals surface area contributed by atoms with Gasteiger partial charge in [-0.05, 0) is 12.1 Å². The minimum Gasteiger partial charge on any atom is -0.463 e. The van der Waals surface area contributed by atoms with Crippen LogP contribution in [0.4, 0.5) is 23.7 Å². The van der Waals surface area contributed by atoms with Crippen LogP contribution in [0.25, 0.3) is 33.4 Å². The van der Waals surface area contributed by atoms with E-state index in [-0.39, 0.29) is 28.0 Å². The van der Waals surface area contributed by atoms with Gasteiger partial charge in [0.15, 0.2) is 0 Å². The molecule has 4 rings (SSSR count). The summed E-state index contributed by atoms with van der Waals surface area (Å²) in [5, 5.41) is 20.1. The highest BCUT2D eigenvalue weighted by Crippen LogP contribution is 2.38. The molecule has 10 nitrogen and oxygen atoms in total. The quantitative estimate of drug-likeness (QED) is 0.389. The number of fused-ring (bicyclic) bond motifs is 1. The Kier molecular flexibility index (Phi) is 6.11. The lowest BCUT2D eigenvalue weighted by molar-refractivity contribution is -0.113. The van der Waals surface area contributed by atoms with Crippen molar-refractivity contribution in [1.29, 1.82) is 0 Å². The SMILES string of the molecule is Cn1cc(-c2nn(C(=O)O)c3cnc(-c4c(F)cc(NC(=O)CCl)cc4OC(F)F)cc23)cn1. The van der Waals surface area contributed by atoms with E-state index in [1.807, 2.05) is 0 Å². The van der Waals surface area contributed by atoms with Crippen molar-refractivity contribution < 1.29 is 32.6 Å². The second-order valence-corrected chi connectivity index (χ2v) is 7.19. The van der Waals surface area contributed by atoms with E-state index in [1.54, 1.807) is 13.2 Å². The van der Waals surface area contributed by atoms with Gasteiger partial charge in [0.05, 0.1) is 29.2 Å². The van der Waals surface area contributed by atoms with Crippen molar-refractivity contribution in [2.24, 2.45) is 7.05 Å². The number of aryl methyl sites for hydroxylation is 1. The van der Waals surface area contributed by atoms with Gasteiger partial charge in [-0.3, -0.25) is 14.5 Å². The van der Waals surface area contributed by atoms with Gasteiger partial charge in [0.1, 0.15) is 23.1 Å². The first-order valence-corrected chi connectivity index (χ1v) is 9.97. The summed E-state index contributed by atoms with van der Waals surface area (Å²) in [7, 11) is 1.65. The maximum atomic E-state index is 15.1. The van der Waals surface area contributed by atoms with E-state index in [2.05, 4.69) is 25.2 Å². The zero-order valence-corrected chi connectivity index (χ0v) is 17.9. The zero-order chi connectivity index (χ0) is 24.6. The Morgan fingerprint density at radius 3 is 2.65 bits per heavy atom. The molecule has 3 aromatic heterocycles. The van der Waals surface area contributed by atoms with Crippen molar-refractivity contribution in [2.75, 3.05) is 11.2 Å². The van der Waals surface area contributed by atoms with Gasteiger partial charge in [-0.1, -0.05) is 0 Å². The van der Waals surface area contributed by atoms with Gasteiger partial charge in [0.2, 0.25) is 5.91 Å². The molecule has 0 atom stereocenters. The standard InChI is InChI=1S/C20H14ClF3N6O4/c1-29-8-9(6-26-29)18-11-4-13(25-7-14(11)30(28-18)20(32)33)17-12(22)2-10(27-16(31)5-21)3-15(17)34-19(23)24/h2-4,6-8,19H,5H2,1H3,(H,27,31)(H,32,33). The molecule has 0 saturated heterocycles. The molecule has 3 heterocycles. The molecule has 0 bridgehead atoms. The Labute approximate surface area is 193 Å². The van der Waals surface area contributed by atoms with Gasteiger partial charge in [-0.25, -0.2) is 9.18 Å². The number of pyridine rings is 1. The fraction of sp³-hybridized carbons (Fsp3) is 0.150. The highest BCUT2D eigenvalue weighted by Gasteiger charge is 2.23. The lowest BCUT2D eigenvalue weighted by Gasteiger charge is -2.14. The van der Waals surface area contributed by atoms with Crippen LogP contribution in [-0.2, 0) is 11.8 Å². The van der Waals surface area contributed by atoms with Crippen LogP contribution in [-0.4, -0.2) is 54.1 Å². The zero-order valence-electron chi connectivity index (χ0n) is 17.2. The third-order valence-electron chi connectivity index (χ3n) is 4.66. The Bertz CT molecular complexity index is 1420. The van der Waals surface area contributed by atoms with Crippen LogP contribution in [0.5, 0.6) is 5.75 Å². The molecule has 0 aliphatic rings. The molecule has 0 aliphatic heterocycles. The summed E-state index contributed by atoms with van der Waals surface area (Å²) in [4.78, 5) is 27.2. The number of nitrogens with zero attached hydrogens (tertiary/aromatic N) is 5. The number of carbonyl (C=O) groups excluding carboxylic acids is 1. The van der Waals surface area contributed by atoms with E-state index in [4.69, 9.17) is 11.6 Å². The number of carbonyl (C=O) groups is 2. The van der Waals surface area contributed by atoms with Crippen molar-refractivity contribution in [3.63, 3.8) is 0 Å². The van der Waals surface area contributed by atoms with Gasteiger partial charge in [-0.15, -0.1) is 11.6 Å². The number of amides is 1. The average Bonchev–Trinajstić information content (AvgIpc) is 3.36. The smallest absolute Gasteiger partial charge is 0.432 e. The lowest BCUT2D eigenvalue weighted by Crippen LogP contribution is -2.13.